The molecule has 2 N–H and O–H groups in total. The van der Waals surface area contributed by atoms with Crippen LogP contribution in [-0.2, 0) is 6.61 Å². The number of amides is 1. The first kappa shape index (κ1) is 20.2. The van der Waals surface area contributed by atoms with Crippen LogP contribution >= 0.6 is 11.6 Å². The molecule has 7 heteroatoms. The summed E-state index contributed by atoms with van der Waals surface area (Å²) in [5.41, 5.74) is 4.16. The average molecular weight is 411 g/mol. The third kappa shape index (κ3) is 5.49. The Bertz CT molecular complexity index is 1020. The van der Waals surface area contributed by atoms with Gasteiger partial charge in [-0.3, -0.25) is 4.79 Å². The number of methoxy groups -OCH3 is 1. The van der Waals surface area contributed by atoms with E-state index in [0.717, 1.165) is 5.56 Å². The van der Waals surface area contributed by atoms with Gasteiger partial charge in [0.15, 0.2) is 0 Å². The van der Waals surface area contributed by atoms with Crippen molar-refractivity contribution in [2.75, 3.05) is 7.11 Å². The first-order chi connectivity index (χ1) is 14.1. The molecule has 148 valence electrons. The third-order valence-electron chi connectivity index (χ3n) is 4.05. The minimum atomic E-state index is -0.541. The summed E-state index contributed by atoms with van der Waals surface area (Å²) in [4.78, 5) is 12.2. The zero-order valence-corrected chi connectivity index (χ0v) is 16.4. The molecule has 0 saturated carbocycles. The molecule has 3 aromatic rings. The van der Waals surface area contributed by atoms with Crippen molar-refractivity contribution in [3.63, 3.8) is 0 Å². The molecule has 0 aromatic heterocycles. The highest BCUT2D eigenvalue weighted by Crippen LogP contribution is 2.23. The van der Waals surface area contributed by atoms with Crippen molar-refractivity contribution in [2.45, 2.75) is 6.61 Å². The first-order valence-corrected chi connectivity index (χ1v) is 9.11. The van der Waals surface area contributed by atoms with Gasteiger partial charge in [0.2, 0.25) is 0 Å². The molecule has 0 unspecified atom stereocenters. The monoisotopic (exact) mass is 410 g/mol. The molecule has 0 atom stereocenters. The largest absolute Gasteiger partial charge is 0.507 e. The van der Waals surface area contributed by atoms with E-state index in [0.29, 0.717) is 28.7 Å². The van der Waals surface area contributed by atoms with Crippen LogP contribution in [-0.4, -0.2) is 24.3 Å². The first-order valence-electron chi connectivity index (χ1n) is 8.73. The summed E-state index contributed by atoms with van der Waals surface area (Å²) < 4.78 is 10.8. The zero-order chi connectivity index (χ0) is 20.6. The summed E-state index contributed by atoms with van der Waals surface area (Å²) in [6.07, 6.45) is 1.48. The normalized spacial score (nSPS) is 10.7. The standard InChI is InChI=1S/C22H19ClN2O4/c1-28-18-10-11-19(20(26)12-18)22(27)25-24-13-16-4-2-3-5-21(16)29-14-15-6-8-17(23)9-7-15/h2-13,26H,14H2,1H3,(H,25,27)/b24-13-. The maximum atomic E-state index is 12.2. The summed E-state index contributed by atoms with van der Waals surface area (Å²) in [5, 5.41) is 14.6. The highest BCUT2D eigenvalue weighted by atomic mass is 35.5. The van der Waals surface area contributed by atoms with E-state index in [1.807, 2.05) is 36.4 Å². The fourth-order valence-corrected chi connectivity index (χ4v) is 2.64. The quantitative estimate of drug-likeness (QED) is 0.447. The van der Waals surface area contributed by atoms with E-state index >= 15 is 0 Å². The Balaban J connectivity index is 1.64. The van der Waals surface area contributed by atoms with Crippen LogP contribution in [0.25, 0.3) is 0 Å². The molecule has 0 aliphatic rings. The lowest BCUT2D eigenvalue weighted by atomic mass is 10.2. The van der Waals surface area contributed by atoms with Crippen molar-refractivity contribution in [1.29, 1.82) is 0 Å². The lowest BCUT2D eigenvalue weighted by Gasteiger charge is -2.09. The van der Waals surface area contributed by atoms with Gasteiger partial charge in [0.1, 0.15) is 23.9 Å². The predicted octanol–water partition coefficient (Wildman–Crippen LogP) is 4.40. The number of aromatic hydroxyl groups is 1. The van der Waals surface area contributed by atoms with Gasteiger partial charge in [0, 0.05) is 16.7 Å². The molecular formula is C22H19ClN2O4. The van der Waals surface area contributed by atoms with Gasteiger partial charge < -0.3 is 14.6 Å². The minimum absolute atomic E-state index is 0.0928. The Morgan fingerprint density at radius 1 is 1.14 bits per heavy atom. The molecule has 0 heterocycles. The number of benzene rings is 3. The molecule has 29 heavy (non-hydrogen) atoms. The minimum Gasteiger partial charge on any atom is -0.507 e. The van der Waals surface area contributed by atoms with Gasteiger partial charge in [-0.25, -0.2) is 5.43 Å². The number of nitrogens with one attached hydrogen (secondary N) is 1. The van der Waals surface area contributed by atoms with E-state index in [4.69, 9.17) is 21.1 Å². The Morgan fingerprint density at radius 3 is 2.62 bits per heavy atom. The number of hydrogen-bond acceptors (Lipinski definition) is 5. The Kier molecular flexibility index (Phi) is 6.71. The molecule has 6 nitrogen and oxygen atoms in total. The molecule has 0 radical (unpaired) electrons. The number of hydrazone groups is 1. The topological polar surface area (TPSA) is 80.2 Å². The van der Waals surface area contributed by atoms with E-state index in [1.54, 1.807) is 18.2 Å². The van der Waals surface area contributed by atoms with Gasteiger partial charge in [-0.2, -0.15) is 5.10 Å². The van der Waals surface area contributed by atoms with Gasteiger partial charge >= 0.3 is 0 Å². The molecule has 0 aliphatic carbocycles. The summed E-state index contributed by atoms with van der Waals surface area (Å²) in [6, 6.07) is 19.1. The van der Waals surface area contributed by atoms with Crippen molar-refractivity contribution in [3.8, 4) is 17.2 Å². The number of nitrogens with zero attached hydrogens (tertiary/aromatic N) is 1. The van der Waals surface area contributed by atoms with Crippen LogP contribution in [0.1, 0.15) is 21.5 Å². The lowest BCUT2D eigenvalue weighted by molar-refractivity contribution is 0.0952. The number of phenols is 1. The molecule has 0 spiro atoms. The molecular weight excluding hydrogens is 392 g/mol. The summed E-state index contributed by atoms with van der Waals surface area (Å²) in [7, 11) is 1.48. The van der Waals surface area contributed by atoms with Crippen LogP contribution < -0.4 is 14.9 Å². The second kappa shape index (κ2) is 9.61. The number of carbonyl (C=O) groups is 1. The Hall–Kier alpha value is -3.51. The van der Waals surface area contributed by atoms with Gasteiger partial charge in [-0.05, 0) is 42.0 Å². The molecule has 3 aromatic carbocycles. The smallest absolute Gasteiger partial charge is 0.275 e. The second-order valence-electron chi connectivity index (χ2n) is 6.04. The van der Waals surface area contributed by atoms with Crippen LogP contribution in [0, 0.1) is 0 Å². The Labute approximate surface area is 173 Å². The highest BCUT2D eigenvalue weighted by molar-refractivity contribution is 6.30. The number of ether oxygens (including phenoxy) is 2. The SMILES string of the molecule is COc1ccc(C(=O)N/N=C\c2ccccc2OCc2ccc(Cl)cc2)c(O)c1. The van der Waals surface area contributed by atoms with Crippen LogP contribution in [0.2, 0.25) is 5.02 Å². The number of carbonyl (C=O) groups excluding carboxylic acids is 1. The van der Waals surface area contributed by atoms with E-state index in [9.17, 15) is 9.90 Å². The summed E-state index contributed by atoms with van der Waals surface area (Å²) in [5.74, 6) is 0.340. The van der Waals surface area contributed by atoms with Crippen molar-refractivity contribution >= 4 is 23.7 Å². The van der Waals surface area contributed by atoms with Crippen LogP contribution in [0.5, 0.6) is 17.2 Å². The number of halogens is 1. The van der Waals surface area contributed by atoms with E-state index in [2.05, 4.69) is 10.5 Å². The van der Waals surface area contributed by atoms with E-state index in [1.165, 1.54) is 25.5 Å². The van der Waals surface area contributed by atoms with Crippen molar-refractivity contribution < 1.29 is 19.4 Å². The lowest BCUT2D eigenvalue weighted by Crippen LogP contribution is -2.17. The van der Waals surface area contributed by atoms with Crippen LogP contribution in [0.4, 0.5) is 0 Å². The van der Waals surface area contributed by atoms with Crippen LogP contribution in [0.3, 0.4) is 0 Å². The van der Waals surface area contributed by atoms with E-state index < -0.39 is 5.91 Å². The maximum Gasteiger partial charge on any atom is 0.275 e. The number of rotatable bonds is 7. The van der Waals surface area contributed by atoms with Crippen LogP contribution in [0.15, 0.2) is 71.8 Å². The fraction of sp³-hybridized carbons (Fsp3) is 0.0909. The maximum absolute atomic E-state index is 12.2. The molecule has 3 rings (SSSR count). The molecule has 1 amide bonds. The molecule has 0 bridgehead atoms. The number of para-hydroxylation sites is 1. The van der Waals surface area contributed by atoms with Gasteiger partial charge in [-0.15, -0.1) is 0 Å². The molecule has 0 aliphatic heterocycles. The van der Waals surface area contributed by atoms with Gasteiger partial charge in [0.25, 0.3) is 5.91 Å². The van der Waals surface area contributed by atoms with Crippen molar-refractivity contribution in [3.05, 3.63) is 88.4 Å². The number of phenolic OH excluding ortho intramolecular Hbond substituents is 1. The van der Waals surface area contributed by atoms with Gasteiger partial charge in [-0.1, -0.05) is 35.9 Å². The Morgan fingerprint density at radius 2 is 1.90 bits per heavy atom. The summed E-state index contributed by atoms with van der Waals surface area (Å²) >= 11 is 5.89. The highest BCUT2D eigenvalue weighted by Gasteiger charge is 2.11. The van der Waals surface area contributed by atoms with Crippen molar-refractivity contribution in [2.24, 2.45) is 5.10 Å². The third-order valence-corrected chi connectivity index (χ3v) is 4.30. The summed E-state index contributed by atoms with van der Waals surface area (Å²) in [6.45, 7) is 0.369. The van der Waals surface area contributed by atoms with Gasteiger partial charge in [0.05, 0.1) is 18.9 Å². The second-order valence-corrected chi connectivity index (χ2v) is 6.47. The molecule has 0 fully saturated rings. The number of hydrogen-bond donors (Lipinski definition) is 2. The van der Waals surface area contributed by atoms with Crippen molar-refractivity contribution in [1.82, 2.24) is 5.43 Å². The average Bonchev–Trinajstić information content (AvgIpc) is 2.74. The zero-order valence-electron chi connectivity index (χ0n) is 15.6. The predicted molar refractivity (Wildman–Crippen MR) is 112 cm³/mol. The fourth-order valence-electron chi connectivity index (χ4n) is 2.51. The molecule has 0 saturated heterocycles. The van der Waals surface area contributed by atoms with E-state index in [-0.39, 0.29) is 11.3 Å².